The van der Waals surface area contributed by atoms with Crippen molar-refractivity contribution >= 4 is 5.97 Å². The van der Waals surface area contributed by atoms with E-state index in [2.05, 4.69) is 13.8 Å². The van der Waals surface area contributed by atoms with Crippen LogP contribution in [0.4, 0.5) is 0 Å². The SMILES string of the molecule is C[C@H]([C@H](O)CCC(C)(C)O)[C@H]1CC[C@H]2[C@@H](OC(=O)c3ccccc3)CCC[C@]12C. The standard InChI is InChI=1S/C25H38O4/c1-17(21(26)14-16-24(2,3)28)19-12-13-20-22(11-8-15-25(19,20)4)29-23(27)18-9-6-5-7-10-18/h5-7,9-10,17,19-22,26,28H,8,11-16H2,1-4H3/t17-,19+,20-,21+,22-,25+/m0/s1. The van der Waals surface area contributed by atoms with Gasteiger partial charge in [-0.05, 0) is 88.2 Å². The summed E-state index contributed by atoms with van der Waals surface area (Å²) in [6.07, 6.45) is 6.02. The Bertz CT molecular complexity index is 680. The van der Waals surface area contributed by atoms with Gasteiger partial charge in [-0.3, -0.25) is 0 Å². The second-order valence-corrected chi connectivity index (χ2v) is 10.3. The summed E-state index contributed by atoms with van der Waals surface area (Å²) in [4.78, 5) is 12.6. The Hall–Kier alpha value is -1.39. The molecule has 0 aliphatic heterocycles. The number of carbonyl (C=O) groups excluding carboxylic acids is 1. The van der Waals surface area contributed by atoms with E-state index in [1.165, 1.54) is 0 Å². The maximum Gasteiger partial charge on any atom is 0.338 e. The summed E-state index contributed by atoms with van der Waals surface area (Å²) in [7, 11) is 0. The number of fused-ring (bicyclic) bond motifs is 1. The van der Waals surface area contributed by atoms with Crippen LogP contribution >= 0.6 is 0 Å². The van der Waals surface area contributed by atoms with Crippen molar-refractivity contribution in [1.82, 2.24) is 0 Å². The highest BCUT2D eigenvalue weighted by molar-refractivity contribution is 5.89. The Morgan fingerprint density at radius 2 is 1.93 bits per heavy atom. The maximum absolute atomic E-state index is 12.6. The van der Waals surface area contributed by atoms with Gasteiger partial charge in [-0.1, -0.05) is 32.0 Å². The number of carbonyl (C=O) groups is 1. The predicted molar refractivity (Wildman–Crippen MR) is 115 cm³/mol. The van der Waals surface area contributed by atoms with Gasteiger partial charge in [-0.2, -0.15) is 0 Å². The van der Waals surface area contributed by atoms with Crippen LogP contribution < -0.4 is 0 Å². The molecule has 0 saturated heterocycles. The first kappa shape index (κ1) is 22.3. The number of rotatable bonds is 7. The molecule has 162 valence electrons. The van der Waals surface area contributed by atoms with Gasteiger partial charge in [-0.25, -0.2) is 4.79 Å². The van der Waals surface area contributed by atoms with Crippen molar-refractivity contribution in [3.05, 3.63) is 35.9 Å². The first-order valence-corrected chi connectivity index (χ1v) is 11.3. The molecule has 6 atom stereocenters. The minimum Gasteiger partial charge on any atom is -0.458 e. The van der Waals surface area contributed by atoms with Crippen molar-refractivity contribution in [3.8, 4) is 0 Å². The van der Waals surface area contributed by atoms with Crippen molar-refractivity contribution in [1.29, 1.82) is 0 Å². The molecule has 4 heteroatoms. The summed E-state index contributed by atoms with van der Waals surface area (Å²) in [5.41, 5.74) is -0.0379. The van der Waals surface area contributed by atoms with E-state index in [4.69, 9.17) is 4.74 Å². The highest BCUT2D eigenvalue weighted by Gasteiger charge is 2.54. The number of benzene rings is 1. The van der Waals surface area contributed by atoms with E-state index in [0.29, 0.717) is 30.2 Å². The molecule has 0 amide bonds. The number of hydrogen-bond donors (Lipinski definition) is 2. The highest BCUT2D eigenvalue weighted by atomic mass is 16.5. The molecule has 1 aromatic rings. The maximum atomic E-state index is 12.6. The van der Waals surface area contributed by atoms with Crippen LogP contribution in [0.2, 0.25) is 0 Å². The summed E-state index contributed by atoms with van der Waals surface area (Å²) in [5.74, 6) is 0.734. The van der Waals surface area contributed by atoms with E-state index in [0.717, 1.165) is 32.1 Å². The van der Waals surface area contributed by atoms with Gasteiger partial charge in [0.15, 0.2) is 0 Å². The molecule has 4 nitrogen and oxygen atoms in total. The van der Waals surface area contributed by atoms with Crippen LogP contribution in [0.5, 0.6) is 0 Å². The molecule has 2 fully saturated rings. The Morgan fingerprint density at radius 1 is 1.24 bits per heavy atom. The van der Waals surface area contributed by atoms with E-state index in [1.54, 1.807) is 13.8 Å². The van der Waals surface area contributed by atoms with Gasteiger partial charge in [0.05, 0.1) is 17.3 Å². The fourth-order valence-electron chi connectivity index (χ4n) is 5.98. The average molecular weight is 403 g/mol. The summed E-state index contributed by atoms with van der Waals surface area (Å²) in [6.45, 7) is 8.10. The first-order valence-electron chi connectivity index (χ1n) is 11.3. The molecule has 29 heavy (non-hydrogen) atoms. The molecule has 2 aliphatic carbocycles. The van der Waals surface area contributed by atoms with Crippen molar-refractivity contribution in [2.75, 3.05) is 0 Å². The third-order valence-electron chi connectivity index (χ3n) is 7.70. The first-order chi connectivity index (χ1) is 13.6. The number of esters is 1. The van der Waals surface area contributed by atoms with E-state index in [9.17, 15) is 15.0 Å². The number of hydrogen-bond acceptors (Lipinski definition) is 4. The van der Waals surface area contributed by atoms with Gasteiger partial charge in [0.2, 0.25) is 0 Å². The molecule has 2 aliphatic rings. The zero-order valence-corrected chi connectivity index (χ0v) is 18.4. The Labute approximate surface area is 175 Å². The minimum absolute atomic E-state index is 0.0350. The van der Waals surface area contributed by atoms with E-state index >= 15 is 0 Å². The highest BCUT2D eigenvalue weighted by Crippen LogP contribution is 2.59. The lowest BCUT2D eigenvalue weighted by Crippen LogP contribution is -2.45. The second-order valence-electron chi connectivity index (χ2n) is 10.3. The van der Waals surface area contributed by atoms with Gasteiger partial charge in [-0.15, -0.1) is 0 Å². The minimum atomic E-state index is -0.746. The number of aliphatic hydroxyl groups excluding tert-OH is 1. The van der Waals surface area contributed by atoms with Crippen LogP contribution in [-0.4, -0.2) is 34.0 Å². The van der Waals surface area contributed by atoms with Crippen molar-refractivity contribution in [2.45, 2.75) is 90.4 Å². The molecule has 0 radical (unpaired) electrons. The molecule has 2 saturated carbocycles. The fraction of sp³-hybridized carbons (Fsp3) is 0.720. The topological polar surface area (TPSA) is 66.8 Å². The van der Waals surface area contributed by atoms with Crippen LogP contribution in [-0.2, 0) is 4.74 Å². The number of ether oxygens (including phenoxy) is 1. The molecule has 0 bridgehead atoms. The van der Waals surface area contributed by atoms with E-state index in [1.807, 2.05) is 30.3 Å². The lowest BCUT2D eigenvalue weighted by molar-refractivity contribution is -0.0599. The molecule has 0 heterocycles. The molecule has 0 spiro atoms. The van der Waals surface area contributed by atoms with Gasteiger partial charge in [0.25, 0.3) is 0 Å². The lowest BCUT2D eigenvalue weighted by Gasteiger charge is -2.46. The molecule has 0 unspecified atom stereocenters. The van der Waals surface area contributed by atoms with Crippen LogP contribution in [0.3, 0.4) is 0 Å². The van der Waals surface area contributed by atoms with Crippen LogP contribution in [0.25, 0.3) is 0 Å². The van der Waals surface area contributed by atoms with Gasteiger partial charge >= 0.3 is 5.97 Å². The largest absolute Gasteiger partial charge is 0.458 e. The predicted octanol–water partition coefficient (Wildman–Crippen LogP) is 4.98. The monoisotopic (exact) mass is 402 g/mol. The van der Waals surface area contributed by atoms with Crippen molar-refractivity contribution < 1.29 is 19.7 Å². The van der Waals surface area contributed by atoms with Crippen molar-refractivity contribution in [3.63, 3.8) is 0 Å². The molecular formula is C25H38O4. The Kier molecular flexibility index (Phi) is 6.74. The second kappa shape index (κ2) is 8.77. The summed E-state index contributed by atoms with van der Waals surface area (Å²) in [6, 6.07) is 9.25. The quantitative estimate of drug-likeness (QED) is 0.632. The fourth-order valence-corrected chi connectivity index (χ4v) is 5.98. The smallest absolute Gasteiger partial charge is 0.338 e. The zero-order chi connectivity index (χ0) is 21.2. The Balaban J connectivity index is 1.67. The zero-order valence-electron chi connectivity index (χ0n) is 18.4. The third kappa shape index (κ3) is 5.03. The van der Waals surface area contributed by atoms with Gasteiger partial charge in [0.1, 0.15) is 6.10 Å². The lowest BCUT2D eigenvalue weighted by atomic mass is 9.61. The molecule has 1 aromatic carbocycles. The van der Waals surface area contributed by atoms with Crippen LogP contribution in [0.1, 0.15) is 83.0 Å². The summed E-state index contributed by atoms with van der Waals surface area (Å²) < 4.78 is 6.00. The molecule has 0 aromatic heterocycles. The van der Waals surface area contributed by atoms with E-state index in [-0.39, 0.29) is 23.4 Å². The van der Waals surface area contributed by atoms with Crippen LogP contribution in [0.15, 0.2) is 30.3 Å². The molecule has 2 N–H and O–H groups in total. The number of aliphatic hydroxyl groups is 2. The summed E-state index contributed by atoms with van der Waals surface area (Å²) in [5, 5.41) is 20.8. The average Bonchev–Trinajstić information content (AvgIpc) is 3.03. The van der Waals surface area contributed by atoms with Gasteiger partial charge < -0.3 is 14.9 Å². The van der Waals surface area contributed by atoms with E-state index < -0.39 is 11.7 Å². The Morgan fingerprint density at radius 3 is 2.59 bits per heavy atom. The van der Waals surface area contributed by atoms with Crippen LogP contribution in [0, 0.1) is 23.2 Å². The van der Waals surface area contributed by atoms with Gasteiger partial charge in [0, 0.05) is 5.92 Å². The molecular weight excluding hydrogens is 364 g/mol. The normalized spacial score (nSPS) is 31.7. The molecule has 3 rings (SSSR count). The summed E-state index contributed by atoms with van der Waals surface area (Å²) >= 11 is 0. The van der Waals surface area contributed by atoms with Crippen molar-refractivity contribution in [2.24, 2.45) is 23.2 Å². The third-order valence-corrected chi connectivity index (χ3v) is 7.70.